The first-order valence-corrected chi connectivity index (χ1v) is 5.65. The van der Waals surface area contributed by atoms with Crippen LogP contribution in [0.15, 0.2) is 12.1 Å². The van der Waals surface area contributed by atoms with E-state index >= 15 is 0 Å². The van der Waals surface area contributed by atoms with Crippen molar-refractivity contribution in [1.82, 2.24) is 0 Å². The number of benzene rings is 1. The summed E-state index contributed by atoms with van der Waals surface area (Å²) in [6.07, 6.45) is 0.947. The van der Waals surface area contributed by atoms with Gasteiger partial charge in [0.2, 0.25) is 0 Å². The highest BCUT2D eigenvalue weighted by Gasteiger charge is 2.12. The van der Waals surface area contributed by atoms with Crippen LogP contribution in [-0.4, -0.2) is 26.9 Å². The number of ether oxygens (including phenoxy) is 2. The molecule has 0 amide bonds. The summed E-state index contributed by atoms with van der Waals surface area (Å²) >= 11 is 0. The van der Waals surface area contributed by atoms with Gasteiger partial charge in [-0.25, -0.2) is 0 Å². The van der Waals surface area contributed by atoms with Crippen molar-refractivity contribution in [3.8, 4) is 11.5 Å². The summed E-state index contributed by atoms with van der Waals surface area (Å²) in [7, 11) is 3.24. The Balaban J connectivity index is 2.95. The van der Waals surface area contributed by atoms with E-state index in [9.17, 15) is 4.39 Å². The fraction of sp³-hybridized carbons (Fsp3) is 0.538. The van der Waals surface area contributed by atoms with E-state index in [1.165, 1.54) is 0 Å². The number of nitrogens with two attached hydrogens (primary N) is 1. The topological polar surface area (TPSA) is 44.5 Å². The molecule has 0 radical (unpaired) electrons. The molecule has 96 valence electrons. The van der Waals surface area contributed by atoms with Crippen LogP contribution in [0.3, 0.4) is 0 Å². The molecular weight excluding hydrogens is 221 g/mol. The Bertz CT molecular complexity index is 369. The van der Waals surface area contributed by atoms with Gasteiger partial charge in [0.05, 0.1) is 20.9 Å². The third kappa shape index (κ3) is 3.60. The van der Waals surface area contributed by atoms with Crippen LogP contribution in [0.25, 0.3) is 0 Å². The lowest BCUT2D eigenvalue weighted by Gasteiger charge is -2.15. The minimum atomic E-state index is -0.396. The first-order chi connectivity index (χ1) is 8.12. The van der Waals surface area contributed by atoms with Gasteiger partial charge in [-0.2, -0.15) is 0 Å². The van der Waals surface area contributed by atoms with Crippen LogP contribution in [0.5, 0.6) is 11.5 Å². The van der Waals surface area contributed by atoms with E-state index in [0.717, 1.165) is 22.6 Å². The van der Waals surface area contributed by atoms with Gasteiger partial charge in [0.15, 0.2) is 0 Å². The second kappa shape index (κ2) is 6.45. The maximum atomic E-state index is 12.2. The van der Waals surface area contributed by atoms with Crippen molar-refractivity contribution < 1.29 is 13.9 Å². The number of aryl methyl sites for hydroxylation is 1. The van der Waals surface area contributed by atoms with E-state index in [2.05, 4.69) is 0 Å². The largest absolute Gasteiger partial charge is 0.496 e. The lowest BCUT2D eigenvalue weighted by atomic mass is 10.0. The molecule has 0 fully saturated rings. The van der Waals surface area contributed by atoms with Crippen molar-refractivity contribution in [2.45, 2.75) is 25.8 Å². The van der Waals surface area contributed by atoms with Crippen LogP contribution < -0.4 is 15.2 Å². The lowest BCUT2D eigenvalue weighted by Crippen LogP contribution is -2.23. The number of halogens is 1. The molecule has 0 saturated heterocycles. The van der Waals surface area contributed by atoms with Crippen LogP contribution in [-0.2, 0) is 6.42 Å². The number of hydrogen-bond acceptors (Lipinski definition) is 3. The Labute approximate surface area is 102 Å². The van der Waals surface area contributed by atoms with Crippen LogP contribution in [0, 0.1) is 6.92 Å². The third-order valence-electron chi connectivity index (χ3n) is 2.76. The van der Waals surface area contributed by atoms with Crippen LogP contribution in [0.2, 0.25) is 0 Å². The van der Waals surface area contributed by atoms with Gasteiger partial charge in [0, 0.05) is 6.04 Å². The van der Waals surface area contributed by atoms with Crippen molar-refractivity contribution in [1.29, 1.82) is 0 Å². The smallest absolute Gasteiger partial charge is 0.122 e. The molecule has 0 spiro atoms. The predicted molar refractivity (Wildman–Crippen MR) is 66.6 cm³/mol. The Hall–Kier alpha value is -1.29. The van der Waals surface area contributed by atoms with E-state index in [1.54, 1.807) is 14.2 Å². The van der Waals surface area contributed by atoms with Gasteiger partial charge < -0.3 is 15.2 Å². The zero-order valence-corrected chi connectivity index (χ0v) is 10.6. The molecule has 1 aromatic carbocycles. The van der Waals surface area contributed by atoms with E-state index in [1.807, 2.05) is 19.1 Å². The Morgan fingerprint density at radius 3 is 2.41 bits per heavy atom. The van der Waals surface area contributed by atoms with Gasteiger partial charge in [0.1, 0.15) is 11.5 Å². The first kappa shape index (κ1) is 13.8. The maximum absolute atomic E-state index is 12.2. The summed E-state index contributed by atoms with van der Waals surface area (Å²) in [5.74, 6) is 1.57. The Kier molecular flexibility index (Phi) is 5.22. The highest BCUT2D eigenvalue weighted by Crippen LogP contribution is 2.29. The number of alkyl halides is 1. The normalized spacial score (nSPS) is 12.3. The number of methoxy groups -OCH3 is 2. The minimum absolute atomic E-state index is 0.193. The molecule has 1 aromatic rings. The van der Waals surface area contributed by atoms with Crippen LogP contribution >= 0.6 is 0 Å². The quantitative estimate of drug-likeness (QED) is 0.830. The minimum Gasteiger partial charge on any atom is -0.496 e. The molecular formula is C13H20FNO2. The average Bonchev–Trinajstić information content (AvgIpc) is 2.31. The standard InChI is InChI=1S/C13H20FNO2/c1-9-6-13(17-3)10(8-12(9)16-2)7-11(15)4-5-14/h6,8,11H,4-5,7,15H2,1-3H3. The molecule has 0 bridgehead atoms. The van der Waals surface area contributed by atoms with Crippen molar-refractivity contribution >= 4 is 0 Å². The molecule has 2 N–H and O–H groups in total. The monoisotopic (exact) mass is 241 g/mol. The van der Waals surface area contributed by atoms with Gasteiger partial charge in [-0.15, -0.1) is 0 Å². The van der Waals surface area contributed by atoms with Crippen molar-refractivity contribution in [2.24, 2.45) is 5.73 Å². The SMILES string of the molecule is COc1cc(CC(N)CCF)c(OC)cc1C. The second-order valence-electron chi connectivity index (χ2n) is 4.08. The van der Waals surface area contributed by atoms with Crippen molar-refractivity contribution in [2.75, 3.05) is 20.9 Å². The zero-order chi connectivity index (χ0) is 12.8. The molecule has 0 aliphatic rings. The summed E-state index contributed by atoms with van der Waals surface area (Å²) in [6.45, 7) is 1.55. The van der Waals surface area contributed by atoms with Crippen molar-refractivity contribution in [3.05, 3.63) is 23.3 Å². The molecule has 0 aliphatic carbocycles. The third-order valence-corrected chi connectivity index (χ3v) is 2.76. The summed E-state index contributed by atoms with van der Waals surface area (Å²) in [4.78, 5) is 0. The second-order valence-corrected chi connectivity index (χ2v) is 4.08. The average molecular weight is 241 g/mol. The fourth-order valence-electron chi connectivity index (χ4n) is 1.80. The van der Waals surface area contributed by atoms with Gasteiger partial charge >= 0.3 is 0 Å². The summed E-state index contributed by atoms with van der Waals surface area (Å²) < 4.78 is 22.8. The van der Waals surface area contributed by atoms with Crippen LogP contribution in [0.4, 0.5) is 4.39 Å². The maximum Gasteiger partial charge on any atom is 0.122 e. The highest BCUT2D eigenvalue weighted by atomic mass is 19.1. The Morgan fingerprint density at radius 1 is 1.24 bits per heavy atom. The molecule has 0 heterocycles. The summed E-state index contributed by atoms with van der Waals surface area (Å²) in [5.41, 5.74) is 7.79. The zero-order valence-electron chi connectivity index (χ0n) is 10.6. The molecule has 1 atom stereocenters. The molecule has 0 aliphatic heterocycles. The van der Waals surface area contributed by atoms with Crippen LogP contribution in [0.1, 0.15) is 17.5 Å². The molecule has 1 rings (SSSR count). The number of hydrogen-bond donors (Lipinski definition) is 1. The molecule has 1 unspecified atom stereocenters. The number of rotatable bonds is 6. The van der Waals surface area contributed by atoms with E-state index in [-0.39, 0.29) is 6.04 Å². The van der Waals surface area contributed by atoms with Gasteiger partial charge in [0.25, 0.3) is 0 Å². The fourth-order valence-corrected chi connectivity index (χ4v) is 1.80. The molecule has 17 heavy (non-hydrogen) atoms. The van der Waals surface area contributed by atoms with Gasteiger partial charge in [-0.3, -0.25) is 4.39 Å². The molecule has 4 heteroatoms. The Morgan fingerprint density at radius 2 is 1.88 bits per heavy atom. The summed E-state index contributed by atoms with van der Waals surface area (Å²) in [6, 6.07) is 3.63. The van der Waals surface area contributed by atoms with E-state index in [4.69, 9.17) is 15.2 Å². The lowest BCUT2D eigenvalue weighted by molar-refractivity contribution is 0.391. The van der Waals surface area contributed by atoms with Crippen molar-refractivity contribution in [3.63, 3.8) is 0 Å². The molecule has 3 nitrogen and oxygen atoms in total. The first-order valence-electron chi connectivity index (χ1n) is 5.65. The molecule has 0 saturated carbocycles. The molecule has 0 aromatic heterocycles. The predicted octanol–water partition coefficient (Wildman–Crippen LogP) is 2.24. The summed E-state index contributed by atoms with van der Waals surface area (Å²) in [5, 5.41) is 0. The highest BCUT2D eigenvalue weighted by molar-refractivity contribution is 5.46. The van der Waals surface area contributed by atoms with E-state index in [0.29, 0.717) is 12.8 Å². The van der Waals surface area contributed by atoms with E-state index < -0.39 is 6.67 Å². The van der Waals surface area contributed by atoms with Gasteiger partial charge in [-0.05, 0) is 43.0 Å². The van der Waals surface area contributed by atoms with Gasteiger partial charge in [-0.1, -0.05) is 0 Å².